The molecule has 0 bridgehead atoms. The van der Waals surface area contributed by atoms with Crippen LogP contribution in [0.1, 0.15) is 29.8 Å². The molecule has 2 rings (SSSR count). The van der Waals surface area contributed by atoms with E-state index in [1.807, 2.05) is 30.3 Å². The fraction of sp³-hybridized carbons (Fsp3) is 0.286. The first kappa shape index (κ1) is 13.6. The van der Waals surface area contributed by atoms with Gasteiger partial charge in [0.2, 0.25) is 0 Å². The number of thiophene rings is 1. The molecule has 1 heterocycles. The highest BCUT2D eigenvalue weighted by atomic mass is 79.9. The molecule has 0 saturated carbocycles. The zero-order chi connectivity index (χ0) is 13.0. The Hall–Kier alpha value is -0.840. The summed E-state index contributed by atoms with van der Waals surface area (Å²) in [6.07, 6.45) is 0.948. The Labute approximate surface area is 120 Å². The minimum absolute atomic E-state index is 0.118. The lowest BCUT2D eigenvalue weighted by molar-refractivity contribution is 0.309. The predicted octanol–water partition coefficient (Wildman–Crippen LogP) is 4.50. The number of nitrogens with two attached hydrogens (primary N) is 1. The first-order valence-corrected chi connectivity index (χ1v) is 7.52. The zero-order valence-corrected chi connectivity index (χ0v) is 12.6. The van der Waals surface area contributed by atoms with Gasteiger partial charge in [-0.15, -0.1) is 11.3 Å². The molecule has 0 aliphatic rings. The molecule has 1 atom stereocenters. The van der Waals surface area contributed by atoms with E-state index in [1.165, 1.54) is 4.88 Å². The lowest BCUT2D eigenvalue weighted by Gasteiger charge is -2.10. The summed E-state index contributed by atoms with van der Waals surface area (Å²) in [7, 11) is 0. The third-order valence-electron chi connectivity index (χ3n) is 2.76. The third kappa shape index (κ3) is 3.57. The summed E-state index contributed by atoms with van der Waals surface area (Å²) in [6.45, 7) is 2.69. The maximum Gasteiger partial charge on any atom is 0.122 e. The van der Waals surface area contributed by atoms with Crippen LogP contribution in [0, 0.1) is 0 Å². The van der Waals surface area contributed by atoms with Crippen LogP contribution in [0.4, 0.5) is 0 Å². The summed E-state index contributed by atoms with van der Waals surface area (Å²) in [6, 6.07) is 12.2. The quantitative estimate of drug-likeness (QED) is 0.878. The molecule has 0 fully saturated rings. The van der Waals surface area contributed by atoms with Crippen molar-refractivity contribution in [2.45, 2.75) is 26.0 Å². The van der Waals surface area contributed by atoms with E-state index >= 15 is 0 Å². The SMILES string of the molecule is CCC(N)c1ccc(OCc2ccc(Br)s2)cc1. The molecular formula is C14H16BrNOS. The molecule has 0 amide bonds. The van der Waals surface area contributed by atoms with Gasteiger partial charge < -0.3 is 10.5 Å². The second kappa shape index (κ2) is 6.36. The fourth-order valence-corrected chi connectivity index (χ4v) is 3.03. The van der Waals surface area contributed by atoms with Gasteiger partial charge in [0.15, 0.2) is 0 Å². The summed E-state index contributed by atoms with van der Waals surface area (Å²) < 4.78 is 6.85. The summed E-state index contributed by atoms with van der Waals surface area (Å²) in [4.78, 5) is 1.20. The van der Waals surface area contributed by atoms with Gasteiger partial charge >= 0.3 is 0 Å². The van der Waals surface area contributed by atoms with Gasteiger partial charge in [-0.2, -0.15) is 0 Å². The number of rotatable bonds is 5. The molecule has 0 aliphatic carbocycles. The Morgan fingerprint density at radius 3 is 2.50 bits per heavy atom. The average Bonchev–Trinajstić information content (AvgIpc) is 2.82. The molecule has 2 N–H and O–H groups in total. The molecule has 4 heteroatoms. The summed E-state index contributed by atoms with van der Waals surface area (Å²) in [5.74, 6) is 0.881. The molecule has 1 aromatic carbocycles. The van der Waals surface area contributed by atoms with Gasteiger partial charge in [0.05, 0.1) is 3.79 Å². The summed E-state index contributed by atoms with van der Waals surface area (Å²) >= 11 is 5.13. The van der Waals surface area contributed by atoms with Crippen LogP contribution >= 0.6 is 27.3 Å². The van der Waals surface area contributed by atoms with E-state index in [-0.39, 0.29) is 6.04 Å². The van der Waals surface area contributed by atoms with Gasteiger partial charge in [-0.05, 0) is 52.2 Å². The van der Waals surface area contributed by atoms with Gasteiger partial charge in [0, 0.05) is 10.9 Å². The highest BCUT2D eigenvalue weighted by Gasteiger charge is 2.03. The monoisotopic (exact) mass is 325 g/mol. The number of benzene rings is 1. The van der Waals surface area contributed by atoms with E-state index in [0.717, 1.165) is 21.5 Å². The number of hydrogen-bond donors (Lipinski definition) is 1. The van der Waals surface area contributed by atoms with Crippen LogP contribution in [-0.4, -0.2) is 0 Å². The minimum Gasteiger partial charge on any atom is -0.488 e. The van der Waals surface area contributed by atoms with Gasteiger partial charge in [-0.25, -0.2) is 0 Å². The lowest BCUT2D eigenvalue weighted by atomic mass is 10.1. The van der Waals surface area contributed by atoms with Crippen molar-refractivity contribution >= 4 is 27.3 Å². The van der Waals surface area contributed by atoms with Crippen molar-refractivity contribution in [1.82, 2.24) is 0 Å². The first-order valence-electron chi connectivity index (χ1n) is 5.91. The second-order valence-corrected chi connectivity index (χ2v) is 6.63. The maximum atomic E-state index is 5.97. The van der Waals surface area contributed by atoms with E-state index in [2.05, 4.69) is 28.9 Å². The maximum absolute atomic E-state index is 5.97. The topological polar surface area (TPSA) is 35.2 Å². The summed E-state index contributed by atoms with van der Waals surface area (Å²) in [5.41, 5.74) is 7.12. The van der Waals surface area contributed by atoms with Crippen LogP contribution < -0.4 is 10.5 Å². The van der Waals surface area contributed by atoms with Crippen LogP contribution in [0.15, 0.2) is 40.2 Å². The molecule has 18 heavy (non-hydrogen) atoms. The highest BCUT2D eigenvalue weighted by Crippen LogP contribution is 2.24. The molecule has 0 spiro atoms. The molecule has 1 unspecified atom stereocenters. The normalized spacial score (nSPS) is 12.4. The van der Waals surface area contributed by atoms with Crippen molar-refractivity contribution in [2.75, 3.05) is 0 Å². The number of halogens is 1. The Morgan fingerprint density at radius 2 is 1.94 bits per heavy atom. The third-order valence-corrected chi connectivity index (χ3v) is 4.36. The van der Waals surface area contributed by atoms with Crippen molar-refractivity contribution in [2.24, 2.45) is 5.73 Å². The van der Waals surface area contributed by atoms with Gasteiger partial charge in [-0.3, -0.25) is 0 Å². The average molecular weight is 326 g/mol. The highest BCUT2D eigenvalue weighted by molar-refractivity contribution is 9.11. The van der Waals surface area contributed by atoms with Crippen LogP contribution in [-0.2, 0) is 6.61 Å². The molecule has 2 nitrogen and oxygen atoms in total. The molecule has 2 aromatic rings. The van der Waals surface area contributed by atoms with Crippen molar-refractivity contribution in [1.29, 1.82) is 0 Å². The van der Waals surface area contributed by atoms with Crippen LogP contribution in [0.5, 0.6) is 5.75 Å². The molecule has 0 radical (unpaired) electrons. The van der Waals surface area contributed by atoms with E-state index in [0.29, 0.717) is 6.61 Å². The van der Waals surface area contributed by atoms with Crippen molar-refractivity contribution < 1.29 is 4.74 Å². The zero-order valence-electron chi connectivity index (χ0n) is 10.2. The van der Waals surface area contributed by atoms with E-state index in [4.69, 9.17) is 10.5 Å². The van der Waals surface area contributed by atoms with E-state index in [1.54, 1.807) is 11.3 Å². The van der Waals surface area contributed by atoms with E-state index < -0.39 is 0 Å². The van der Waals surface area contributed by atoms with Crippen molar-refractivity contribution in [3.05, 3.63) is 50.6 Å². The van der Waals surface area contributed by atoms with Crippen molar-refractivity contribution in [3.8, 4) is 5.75 Å². The molecule has 96 valence electrons. The molecule has 0 saturated heterocycles. The summed E-state index contributed by atoms with van der Waals surface area (Å²) in [5, 5.41) is 0. The Morgan fingerprint density at radius 1 is 1.22 bits per heavy atom. The minimum atomic E-state index is 0.118. The van der Waals surface area contributed by atoms with Gasteiger partial charge in [0.25, 0.3) is 0 Å². The Bertz CT molecular complexity index is 495. The van der Waals surface area contributed by atoms with Gasteiger partial charge in [0.1, 0.15) is 12.4 Å². The second-order valence-electron chi connectivity index (χ2n) is 4.08. The lowest BCUT2D eigenvalue weighted by Crippen LogP contribution is -2.08. The van der Waals surface area contributed by atoms with Crippen LogP contribution in [0.2, 0.25) is 0 Å². The molecular weight excluding hydrogens is 310 g/mol. The van der Waals surface area contributed by atoms with E-state index in [9.17, 15) is 0 Å². The molecule has 1 aromatic heterocycles. The fourth-order valence-electron chi connectivity index (χ4n) is 1.63. The van der Waals surface area contributed by atoms with Crippen molar-refractivity contribution in [3.63, 3.8) is 0 Å². The predicted molar refractivity (Wildman–Crippen MR) is 80.0 cm³/mol. The smallest absolute Gasteiger partial charge is 0.122 e. The largest absolute Gasteiger partial charge is 0.488 e. The van der Waals surface area contributed by atoms with Crippen LogP contribution in [0.3, 0.4) is 0 Å². The number of hydrogen-bond acceptors (Lipinski definition) is 3. The van der Waals surface area contributed by atoms with Crippen LogP contribution in [0.25, 0.3) is 0 Å². The number of ether oxygens (including phenoxy) is 1. The Balaban J connectivity index is 1.94. The molecule has 0 aliphatic heterocycles. The standard InChI is InChI=1S/C14H16BrNOS/c1-2-13(16)10-3-5-11(6-4-10)17-9-12-7-8-14(15)18-12/h3-8,13H,2,9,16H2,1H3. The Kier molecular flexibility index (Phi) is 4.80. The van der Waals surface area contributed by atoms with Gasteiger partial charge in [-0.1, -0.05) is 19.1 Å². The first-order chi connectivity index (χ1) is 8.69.